The zero-order valence-electron chi connectivity index (χ0n) is 8.76. The summed E-state index contributed by atoms with van der Waals surface area (Å²) in [5.41, 5.74) is 2.97. The zero-order chi connectivity index (χ0) is 10.1. The highest BCUT2D eigenvalue weighted by Gasteiger charge is 2.30. The highest BCUT2D eigenvalue weighted by Crippen LogP contribution is 2.21. The molecule has 0 aromatic carbocycles. The minimum atomic E-state index is -0.00870. The maximum atomic E-state index is 11.4. The van der Waals surface area contributed by atoms with Gasteiger partial charge < -0.3 is 10.6 Å². The van der Waals surface area contributed by atoms with E-state index in [0.717, 1.165) is 26.2 Å². The number of likely N-dealkylation sites (N-methyl/N-ethyl adjacent to an activating group) is 1. The minimum Gasteiger partial charge on any atom is -0.358 e. The Morgan fingerprint density at radius 1 is 1.43 bits per heavy atom. The number of amides is 1. The molecular weight excluding hydrogens is 178 g/mol. The average molecular weight is 195 g/mol. The van der Waals surface area contributed by atoms with Gasteiger partial charge in [-0.2, -0.15) is 0 Å². The Balaban J connectivity index is 1.95. The highest BCUT2D eigenvalue weighted by atomic mass is 16.2. The molecule has 0 fully saturated rings. The quantitative estimate of drug-likeness (QED) is 0.575. The first-order valence-corrected chi connectivity index (χ1v) is 5.08. The van der Waals surface area contributed by atoms with Gasteiger partial charge in [0, 0.05) is 33.2 Å². The number of carbonyl (C=O) groups excluding carboxylic acids is 1. The summed E-state index contributed by atoms with van der Waals surface area (Å²) in [6.07, 6.45) is 0. The lowest BCUT2D eigenvalue weighted by Gasteiger charge is -2.23. The number of carbonyl (C=O) groups is 1. The van der Waals surface area contributed by atoms with Gasteiger partial charge in [-0.15, -0.1) is 0 Å². The van der Waals surface area contributed by atoms with Gasteiger partial charge in [0.2, 0.25) is 5.91 Å². The van der Waals surface area contributed by atoms with Crippen molar-refractivity contribution in [1.29, 1.82) is 0 Å². The van der Waals surface area contributed by atoms with Gasteiger partial charge in [-0.1, -0.05) is 0 Å². The molecule has 4 nitrogen and oxygen atoms in total. The first-order chi connectivity index (χ1) is 6.72. The predicted octanol–water partition coefficient (Wildman–Crippen LogP) is -0.664. The molecule has 2 aliphatic heterocycles. The van der Waals surface area contributed by atoms with Crippen molar-refractivity contribution in [3.8, 4) is 0 Å². The first kappa shape index (κ1) is 9.68. The molecule has 0 radical (unpaired) electrons. The molecule has 0 bridgehead atoms. The van der Waals surface area contributed by atoms with E-state index in [1.165, 1.54) is 11.1 Å². The zero-order valence-corrected chi connectivity index (χ0v) is 8.76. The summed E-state index contributed by atoms with van der Waals surface area (Å²) in [6, 6.07) is -0.00870. The van der Waals surface area contributed by atoms with Crippen LogP contribution in [-0.4, -0.2) is 50.1 Å². The highest BCUT2D eigenvalue weighted by molar-refractivity contribution is 5.81. The van der Waals surface area contributed by atoms with Crippen LogP contribution in [0.5, 0.6) is 0 Å². The molecule has 0 aliphatic carbocycles. The maximum Gasteiger partial charge on any atom is 0.236 e. The van der Waals surface area contributed by atoms with Crippen LogP contribution in [0.4, 0.5) is 0 Å². The van der Waals surface area contributed by atoms with E-state index in [-0.39, 0.29) is 11.9 Å². The third-order valence-corrected chi connectivity index (χ3v) is 3.14. The Labute approximate surface area is 84.3 Å². The molecule has 4 heteroatoms. The summed E-state index contributed by atoms with van der Waals surface area (Å²) in [7, 11) is 1.69. The molecule has 1 atom stereocenters. The molecule has 2 heterocycles. The van der Waals surface area contributed by atoms with Crippen molar-refractivity contribution >= 4 is 5.91 Å². The molecule has 1 unspecified atom stereocenters. The normalized spacial score (nSPS) is 23.9. The predicted molar refractivity (Wildman–Crippen MR) is 55.0 cm³/mol. The molecule has 0 saturated heterocycles. The lowest BCUT2D eigenvalue weighted by atomic mass is 10.2. The summed E-state index contributed by atoms with van der Waals surface area (Å²) in [4.78, 5) is 13.7. The maximum absolute atomic E-state index is 11.4. The Morgan fingerprint density at radius 2 is 2.00 bits per heavy atom. The molecule has 0 saturated carbocycles. The number of hydrogen-bond acceptors (Lipinski definition) is 3. The topological polar surface area (TPSA) is 44.4 Å². The second-order valence-electron chi connectivity index (χ2n) is 4.01. The van der Waals surface area contributed by atoms with Gasteiger partial charge in [-0.05, 0) is 18.1 Å². The monoisotopic (exact) mass is 195 g/mol. The van der Waals surface area contributed by atoms with E-state index in [9.17, 15) is 4.79 Å². The van der Waals surface area contributed by atoms with Crippen LogP contribution < -0.4 is 10.6 Å². The average Bonchev–Trinajstić information content (AvgIpc) is 2.74. The number of rotatable bonds is 2. The van der Waals surface area contributed by atoms with Crippen molar-refractivity contribution in [2.75, 3.05) is 33.2 Å². The van der Waals surface area contributed by atoms with Crippen molar-refractivity contribution in [2.24, 2.45) is 0 Å². The van der Waals surface area contributed by atoms with Crippen molar-refractivity contribution in [1.82, 2.24) is 15.5 Å². The molecule has 0 aromatic heterocycles. The van der Waals surface area contributed by atoms with E-state index in [1.54, 1.807) is 7.05 Å². The Kier molecular flexibility index (Phi) is 2.56. The van der Waals surface area contributed by atoms with Gasteiger partial charge in [0.1, 0.15) is 0 Å². The van der Waals surface area contributed by atoms with Crippen molar-refractivity contribution < 1.29 is 4.79 Å². The Hall–Kier alpha value is -0.870. The molecule has 1 amide bonds. The SMILES string of the molecule is CNC(=O)C(C)N1CC2=C(CNC2)C1. The summed E-state index contributed by atoms with van der Waals surface area (Å²) >= 11 is 0. The molecule has 0 aromatic rings. The number of nitrogens with one attached hydrogen (secondary N) is 2. The third-order valence-electron chi connectivity index (χ3n) is 3.14. The Morgan fingerprint density at radius 3 is 2.50 bits per heavy atom. The van der Waals surface area contributed by atoms with Gasteiger partial charge in [0.15, 0.2) is 0 Å². The molecule has 2 N–H and O–H groups in total. The van der Waals surface area contributed by atoms with Gasteiger partial charge in [0.25, 0.3) is 0 Å². The van der Waals surface area contributed by atoms with E-state index in [2.05, 4.69) is 15.5 Å². The third kappa shape index (κ3) is 1.55. The van der Waals surface area contributed by atoms with E-state index >= 15 is 0 Å². The van der Waals surface area contributed by atoms with Crippen molar-refractivity contribution in [3.05, 3.63) is 11.1 Å². The van der Waals surface area contributed by atoms with Crippen molar-refractivity contribution in [3.63, 3.8) is 0 Å². The number of nitrogens with zero attached hydrogens (tertiary/aromatic N) is 1. The molecule has 0 spiro atoms. The molecule has 2 aliphatic rings. The minimum absolute atomic E-state index is 0.00870. The van der Waals surface area contributed by atoms with E-state index in [4.69, 9.17) is 0 Å². The van der Waals surface area contributed by atoms with Crippen molar-refractivity contribution in [2.45, 2.75) is 13.0 Å². The van der Waals surface area contributed by atoms with E-state index in [0.29, 0.717) is 0 Å². The summed E-state index contributed by atoms with van der Waals surface area (Å²) in [5, 5.41) is 6.02. The van der Waals surface area contributed by atoms with Crippen LogP contribution in [0, 0.1) is 0 Å². The van der Waals surface area contributed by atoms with Gasteiger partial charge >= 0.3 is 0 Å². The lowest BCUT2D eigenvalue weighted by Crippen LogP contribution is -2.44. The fourth-order valence-electron chi connectivity index (χ4n) is 2.14. The van der Waals surface area contributed by atoms with Crippen LogP contribution in [0.15, 0.2) is 11.1 Å². The van der Waals surface area contributed by atoms with Crippen LogP contribution in [0.2, 0.25) is 0 Å². The van der Waals surface area contributed by atoms with E-state index in [1.807, 2.05) is 6.92 Å². The fraction of sp³-hybridized carbons (Fsp3) is 0.700. The van der Waals surface area contributed by atoms with Crippen LogP contribution in [-0.2, 0) is 4.79 Å². The first-order valence-electron chi connectivity index (χ1n) is 5.08. The molecule has 2 rings (SSSR count). The molecule has 14 heavy (non-hydrogen) atoms. The van der Waals surface area contributed by atoms with Gasteiger partial charge in [0.05, 0.1) is 6.04 Å². The summed E-state index contributed by atoms with van der Waals surface area (Å²) in [5.74, 6) is 0.110. The van der Waals surface area contributed by atoms with Gasteiger partial charge in [-0.25, -0.2) is 0 Å². The molecular formula is C10H17N3O. The second kappa shape index (κ2) is 3.71. The smallest absolute Gasteiger partial charge is 0.236 e. The van der Waals surface area contributed by atoms with E-state index < -0.39 is 0 Å². The Bertz CT molecular complexity index is 269. The van der Waals surface area contributed by atoms with Crippen LogP contribution in [0.25, 0.3) is 0 Å². The summed E-state index contributed by atoms with van der Waals surface area (Å²) < 4.78 is 0. The number of hydrogen-bond donors (Lipinski definition) is 2. The standard InChI is InChI=1S/C10H17N3O/c1-7(10(14)11-2)13-5-8-3-12-4-9(8)6-13/h7,12H,3-6H2,1-2H3,(H,11,14). The lowest BCUT2D eigenvalue weighted by molar-refractivity contribution is -0.124. The van der Waals surface area contributed by atoms with Crippen LogP contribution in [0.3, 0.4) is 0 Å². The van der Waals surface area contributed by atoms with Crippen LogP contribution in [0.1, 0.15) is 6.92 Å². The van der Waals surface area contributed by atoms with Gasteiger partial charge in [-0.3, -0.25) is 9.69 Å². The summed E-state index contributed by atoms with van der Waals surface area (Å²) in [6.45, 7) is 5.89. The fourth-order valence-corrected chi connectivity index (χ4v) is 2.14. The van der Waals surface area contributed by atoms with Crippen LogP contribution >= 0.6 is 0 Å². The second-order valence-corrected chi connectivity index (χ2v) is 4.01. The largest absolute Gasteiger partial charge is 0.358 e. The molecule has 78 valence electrons.